The van der Waals surface area contributed by atoms with Gasteiger partial charge in [0.05, 0.1) is 25.4 Å². The van der Waals surface area contributed by atoms with Crippen LogP contribution in [-0.2, 0) is 14.3 Å². The molecule has 0 aromatic rings. The maximum Gasteiger partial charge on any atom is 0.220 e. The van der Waals surface area contributed by atoms with Crippen LogP contribution in [0.25, 0.3) is 0 Å². The van der Waals surface area contributed by atoms with E-state index in [9.17, 15) is 30.3 Å². The van der Waals surface area contributed by atoms with Gasteiger partial charge in [-0.3, -0.25) is 4.79 Å². The van der Waals surface area contributed by atoms with E-state index in [4.69, 9.17) is 9.47 Å². The van der Waals surface area contributed by atoms with Crippen molar-refractivity contribution in [3.05, 3.63) is 85.1 Å². The summed E-state index contributed by atoms with van der Waals surface area (Å²) < 4.78 is 11.2. The Bertz CT molecular complexity index is 1220. The molecule has 61 heavy (non-hydrogen) atoms. The largest absolute Gasteiger partial charge is 0.394 e. The first-order valence-electron chi connectivity index (χ1n) is 24.3. The Morgan fingerprint density at radius 3 is 1.57 bits per heavy atom. The Balaban J connectivity index is 2.38. The lowest BCUT2D eigenvalue weighted by Crippen LogP contribution is -2.60. The lowest BCUT2D eigenvalue weighted by Gasteiger charge is -2.40. The van der Waals surface area contributed by atoms with E-state index < -0.39 is 49.5 Å². The van der Waals surface area contributed by atoms with E-state index in [1.54, 1.807) is 6.08 Å². The quantitative estimate of drug-likeness (QED) is 0.0264. The number of aliphatic hydroxyl groups is 5. The highest BCUT2D eigenvalue weighted by molar-refractivity contribution is 5.76. The van der Waals surface area contributed by atoms with Gasteiger partial charge in [-0.1, -0.05) is 182 Å². The van der Waals surface area contributed by atoms with Gasteiger partial charge in [0.1, 0.15) is 24.4 Å². The van der Waals surface area contributed by atoms with Gasteiger partial charge >= 0.3 is 0 Å². The van der Waals surface area contributed by atoms with Crippen LogP contribution in [0.4, 0.5) is 0 Å². The Morgan fingerprint density at radius 2 is 1.03 bits per heavy atom. The highest BCUT2D eigenvalue weighted by Crippen LogP contribution is 2.22. The van der Waals surface area contributed by atoms with Crippen LogP contribution < -0.4 is 5.32 Å². The number of hydrogen-bond donors (Lipinski definition) is 6. The Kier molecular flexibility index (Phi) is 38.3. The van der Waals surface area contributed by atoms with E-state index >= 15 is 0 Å². The van der Waals surface area contributed by atoms with Gasteiger partial charge in [0.2, 0.25) is 5.91 Å². The Hall–Kier alpha value is -2.63. The molecule has 1 rings (SSSR count). The van der Waals surface area contributed by atoms with Crippen LogP contribution in [0, 0.1) is 0 Å². The molecule has 1 aliphatic heterocycles. The molecule has 9 heteroatoms. The van der Waals surface area contributed by atoms with Crippen LogP contribution in [0.3, 0.4) is 0 Å². The molecule has 1 heterocycles. The summed E-state index contributed by atoms with van der Waals surface area (Å²) in [6.45, 7) is 3.62. The average molecular weight is 856 g/mol. The summed E-state index contributed by atoms with van der Waals surface area (Å²) in [5, 5.41) is 54.2. The van der Waals surface area contributed by atoms with Crippen molar-refractivity contribution in [3.8, 4) is 0 Å². The molecule has 1 amide bonds. The Morgan fingerprint density at radius 1 is 0.574 bits per heavy atom. The van der Waals surface area contributed by atoms with Crippen molar-refractivity contribution in [3.63, 3.8) is 0 Å². The van der Waals surface area contributed by atoms with E-state index in [0.717, 1.165) is 89.9 Å². The molecule has 0 saturated carbocycles. The zero-order chi connectivity index (χ0) is 44.4. The van der Waals surface area contributed by atoms with Gasteiger partial charge in [-0.15, -0.1) is 0 Å². The second-order valence-electron chi connectivity index (χ2n) is 16.5. The third kappa shape index (κ3) is 31.8. The smallest absolute Gasteiger partial charge is 0.220 e. The minimum Gasteiger partial charge on any atom is -0.394 e. The van der Waals surface area contributed by atoms with E-state index in [1.165, 1.54) is 70.6 Å². The summed E-state index contributed by atoms with van der Waals surface area (Å²) >= 11 is 0. The molecule has 1 aliphatic rings. The highest BCUT2D eigenvalue weighted by atomic mass is 16.7. The molecule has 9 nitrogen and oxygen atoms in total. The molecule has 0 spiro atoms. The van der Waals surface area contributed by atoms with Gasteiger partial charge in [-0.25, -0.2) is 0 Å². The molecule has 7 unspecified atom stereocenters. The van der Waals surface area contributed by atoms with Crippen molar-refractivity contribution >= 4 is 5.91 Å². The van der Waals surface area contributed by atoms with Crippen LogP contribution >= 0.6 is 0 Å². The molecular formula is C52H89NO8. The maximum absolute atomic E-state index is 13.0. The van der Waals surface area contributed by atoms with Crippen LogP contribution in [0.1, 0.15) is 181 Å². The van der Waals surface area contributed by atoms with Crippen LogP contribution in [0.2, 0.25) is 0 Å². The van der Waals surface area contributed by atoms with Crippen molar-refractivity contribution < 1.29 is 39.8 Å². The standard InChI is InChI=1S/C52H89NO8/c1-3-5-7-9-11-13-15-17-19-21-22-23-24-26-28-30-32-34-36-38-40-42-48(56)53-45(44-60-52-51(59)50(58)49(57)47(43-54)61-52)46(55)41-39-37-35-33-31-29-27-25-20-18-16-14-12-10-8-6-4-2/h5,7,11,13,17,19,22-23,26,28,31,33,39,41,45-47,49-52,54-55,57-59H,3-4,6,8-10,12,14-16,18,20-21,24-25,27,29-30,32,34-38,40,42-44H2,1-2H3,(H,53,56)/b7-5-,13-11-,19-17-,23-22-,28-26-,33-31+,41-39+. The lowest BCUT2D eigenvalue weighted by atomic mass is 9.99. The van der Waals surface area contributed by atoms with Crippen molar-refractivity contribution in [2.24, 2.45) is 0 Å². The van der Waals surface area contributed by atoms with Gasteiger partial charge in [-0.2, -0.15) is 0 Å². The molecule has 1 saturated heterocycles. The summed E-state index contributed by atoms with van der Waals surface area (Å²) in [7, 11) is 0. The fourth-order valence-corrected chi connectivity index (χ4v) is 7.08. The molecular weight excluding hydrogens is 767 g/mol. The predicted molar refractivity (Wildman–Crippen MR) is 253 cm³/mol. The number of unbranched alkanes of at least 4 members (excludes halogenated alkanes) is 17. The van der Waals surface area contributed by atoms with Crippen molar-refractivity contribution in [2.45, 2.75) is 224 Å². The second kappa shape index (κ2) is 41.4. The number of amides is 1. The third-order valence-electron chi connectivity index (χ3n) is 11.0. The van der Waals surface area contributed by atoms with Gasteiger partial charge in [0.15, 0.2) is 6.29 Å². The summed E-state index contributed by atoms with van der Waals surface area (Å²) in [6, 6.07) is -0.837. The molecule has 0 aliphatic carbocycles. The summed E-state index contributed by atoms with van der Waals surface area (Å²) in [5.74, 6) is -0.209. The number of carbonyl (C=O) groups is 1. The zero-order valence-electron chi connectivity index (χ0n) is 38.4. The fraction of sp³-hybridized carbons (Fsp3) is 0.712. The molecule has 7 atom stereocenters. The number of nitrogens with one attached hydrogen (secondary N) is 1. The minimum absolute atomic E-state index is 0.209. The number of hydrogen-bond acceptors (Lipinski definition) is 8. The monoisotopic (exact) mass is 856 g/mol. The molecule has 350 valence electrons. The molecule has 0 bridgehead atoms. The van der Waals surface area contributed by atoms with Crippen molar-refractivity contribution in [1.82, 2.24) is 5.32 Å². The number of allylic oxidation sites excluding steroid dienone is 13. The maximum atomic E-state index is 13.0. The SMILES string of the molecule is CC/C=C\C/C=C\C/C=C\C/C=C\C/C=C\CCCCCCCC(=O)NC(COC1OC(CO)C(O)C(O)C1O)C(O)/C=C/CC/C=C/CCCCCCCCCCCCC. The molecule has 0 aromatic heterocycles. The Labute approximate surface area is 371 Å². The first kappa shape index (κ1) is 56.4. The molecule has 0 aromatic carbocycles. The first-order chi connectivity index (χ1) is 29.8. The molecule has 0 radical (unpaired) electrons. The molecule has 1 fully saturated rings. The van der Waals surface area contributed by atoms with Crippen LogP contribution in [0.15, 0.2) is 85.1 Å². The second-order valence-corrected chi connectivity index (χ2v) is 16.5. The fourth-order valence-electron chi connectivity index (χ4n) is 7.08. The van der Waals surface area contributed by atoms with Gasteiger partial charge in [0, 0.05) is 6.42 Å². The predicted octanol–water partition coefficient (Wildman–Crippen LogP) is 10.7. The summed E-state index contributed by atoms with van der Waals surface area (Å²) in [4.78, 5) is 13.0. The van der Waals surface area contributed by atoms with E-state index in [1.807, 2.05) is 6.08 Å². The van der Waals surface area contributed by atoms with Crippen LogP contribution in [-0.4, -0.2) is 87.5 Å². The van der Waals surface area contributed by atoms with Crippen molar-refractivity contribution in [2.75, 3.05) is 13.2 Å². The lowest BCUT2D eigenvalue weighted by molar-refractivity contribution is -0.302. The summed E-state index contributed by atoms with van der Waals surface area (Å²) in [6.07, 6.45) is 50.5. The van der Waals surface area contributed by atoms with Gasteiger partial charge in [-0.05, 0) is 77.0 Å². The minimum atomic E-state index is -1.58. The summed E-state index contributed by atoms with van der Waals surface area (Å²) in [5.41, 5.74) is 0. The number of rotatable bonds is 39. The highest BCUT2D eigenvalue weighted by Gasteiger charge is 2.44. The van der Waals surface area contributed by atoms with Gasteiger partial charge in [0.25, 0.3) is 0 Å². The topological polar surface area (TPSA) is 149 Å². The van der Waals surface area contributed by atoms with Crippen LogP contribution in [0.5, 0.6) is 0 Å². The van der Waals surface area contributed by atoms with E-state index in [2.05, 4.69) is 92.1 Å². The average Bonchev–Trinajstić information content (AvgIpc) is 3.26. The number of aliphatic hydroxyl groups excluding tert-OH is 5. The molecule has 6 N–H and O–H groups in total. The first-order valence-corrected chi connectivity index (χ1v) is 24.3. The van der Waals surface area contributed by atoms with E-state index in [0.29, 0.717) is 6.42 Å². The van der Waals surface area contributed by atoms with Crippen molar-refractivity contribution in [1.29, 1.82) is 0 Å². The normalized spacial score (nSPS) is 21.2. The van der Waals surface area contributed by atoms with E-state index in [-0.39, 0.29) is 12.5 Å². The third-order valence-corrected chi connectivity index (χ3v) is 11.0. The van der Waals surface area contributed by atoms with Gasteiger partial charge < -0.3 is 40.3 Å². The number of ether oxygens (including phenoxy) is 2. The zero-order valence-corrected chi connectivity index (χ0v) is 38.4. The number of carbonyl (C=O) groups excluding carboxylic acids is 1.